The number of hydrogen-bond acceptors (Lipinski definition) is 3. The number of likely N-dealkylation sites (tertiary alicyclic amines) is 1. The van der Waals surface area contributed by atoms with Crippen molar-refractivity contribution in [3.8, 4) is 0 Å². The van der Waals surface area contributed by atoms with E-state index in [4.69, 9.17) is 0 Å². The van der Waals surface area contributed by atoms with Gasteiger partial charge in [0.05, 0.1) is 12.0 Å². The van der Waals surface area contributed by atoms with E-state index < -0.39 is 0 Å². The SMILES string of the molecule is CN=C(NCC(=O)N1CCCCC1)NCC1(C(=O)N(C)C)CCCC1.I. The van der Waals surface area contributed by atoms with Crippen molar-refractivity contribution < 1.29 is 9.59 Å². The monoisotopic (exact) mass is 479 g/mol. The number of piperidine rings is 1. The molecule has 0 atom stereocenters. The molecule has 0 spiro atoms. The molecule has 1 saturated heterocycles. The first kappa shape index (κ1) is 23.0. The van der Waals surface area contributed by atoms with Crippen LogP contribution in [0.2, 0.25) is 0 Å². The van der Waals surface area contributed by atoms with Gasteiger partial charge < -0.3 is 20.4 Å². The third-order valence-corrected chi connectivity index (χ3v) is 5.35. The number of nitrogens with one attached hydrogen (secondary N) is 2. The van der Waals surface area contributed by atoms with Crippen LogP contribution in [0.15, 0.2) is 4.99 Å². The Morgan fingerprint density at radius 1 is 1.04 bits per heavy atom. The molecule has 0 radical (unpaired) electrons. The molecule has 1 aliphatic heterocycles. The van der Waals surface area contributed by atoms with Gasteiger partial charge >= 0.3 is 0 Å². The van der Waals surface area contributed by atoms with Crippen molar-refractivity contribution in [1.29, 1.82) is 0 Å². The van der Waals surface area contributed by atoms with Crippen molar-refractivity contribution in [2.24, 2.45) is 10.4 Å². The molecule has 7 nitrogen and oxygen atoms in total. The molecule has 2 rings (SSSR count). The molecule has 0 aromatic carbocycles. The van der Waals surface area contributed by atoms with Crippen molar-refractivity contribution in [1.82, 2.24) is 20.4 Å². The van der Waals surface area contributed by atoms with E-state index in [0.29, 0.717) is 12.5 Å². The molecule has 1 aliphatic carbocycles. The van der Waals surface area contributed by atoms with Crippen LogP contribution in [-0.2, 0) is 9.59 Å². The summed E-state index contributed by atoms with van der Waals surface area (Å²) in [5, 5.41) is 6.37. The second-order valence-corrected chi connectivity index (χ2v) is 7.41. The fraction of sp³-hybridized carbons (Fsp3) is 0.833. The van der Waals surface area contributed by atoms with Gasteiger partial charge in [0.1, 0.15) is 0 Å². The van der Waals surface area contributed by atoms with Crippen molar-refractivity contribution in [3.63, 3.8) is 0 Å². The molecule has 2 N–H and O–H groups in total. The molecule has 8 heteroatoms. The molecular weight excluding hydrogens is 445 g/mol. The Morgan fingerprint density at radius 2 is 1.65 bits per heavy atom. The quantitative estimate of drug-likeness (QED) is 0.356. The topological polar surface area (TPSA) is 77.0 Å². The highest BCUT2D eigenvalue weighted by Crippen LogP contribution is 2.38. The lowest BCUT2D eigenvalue weighted by atomic mass is 9.84. The molecule has 150 valence electrons. The summed E-state index contributed by atoms with van der Waals surface area (Å²) >= 11 is 0. The van der Waals surface area contributed by atoms with E-state index in [9.17, 15) is 9.59 Å². The van der Waals surface area contributed by atoms with Gasteiger partial charge in [0.2, 0.25) is 11.8 Å². The third kappa shape index (κ3) is 5.99. The number of amides is 2. The lowest BCUT2D eigenvalue weighted by Crippen LogP contribution is -2.51. The number of aliphatic imine (C=N–C) groups is 1. The summed E-state index contributed by atoms with van der Waals surface area (Å²) in [7, 11) is 5.31. The van der Waals surface area contributed by atoms with Crippen molar-refractivity contribution in [3.05, 3.63) is 0 Å². The van der Waals surface area contributed by atoms with Gasteiger partial charge in [-0.15, -0.1) is 24.0 Å². The third-order valence-electron chi connectivity index (χ3n) is 5.35. The minimum absolute atomic E-state index is 0. The summed E-state index contributed by atoms with van der Waals surface area (Å²) in [4.78, 5) is 32.7. The average Bonchev–Trinajstić information content (AvgIpc) is 3.11. The van der Waals surface area contributed by atoms with E-state index in [1.165, 1.54) is 6.42 Å². The number of rotatable bonds is 5. The first-order chi connectivity index (χ1) is 12.0. The molecule has 2 amide bonds. The van der Waals surface area contributed by atoms with Gasteiger partial charge in [0.25, 0.3) is 0 Å². The lowest BCUT2D eigenvalue weighted by Gasteiger charge is -2.31. The number of nitrogens with zero attached hydrogens (tertiary/aromatic N) is 3. The summed E-state index contributed by atoms with van der Waals surface area (Å²) < 4.78 is 0. The minimum Gasteiger partial charge on any atom is -0.355 e. The number of hydrogen-bond donors (Lipinski definition) is 2. The molecule has 0 unspecified atom stereocenters. The molecule has 2 aliphatic rings. The van der Waals surface area contributed by atoms with Crippen molar-refractivity contribution in [2.45, 2.75) is 44.9 Å². The Balaban J connectivity index is 0.00000338. The van der Waals surface area contributed by atoms with Crippen LogP contribution in [0.4, 0.5) is 0 Å². The smallest absolute Gasteiger partial charge is 0.241 e. The Morgan fingerprint density at radius 3 is 2.19 bits per heavy atom. The molecule has 0 aromatic rings. The van der Waals surface area contributed by atoms with Crippen LogP contribution < -0.4 is 10.6 Å². The number of carbonyl (C=O) groups excluding carboxylic acids is 2. The van der Waals surface area contributed by atoms with Crippen LogP contribution >= 0.6 is 24.0 Å². The predicted molar refractivity (Wildman–Crippen MR) is 115 cm³/mol. The standard InChI is InChI=1S/C18H33N5O2.HI/c1-19-17(20-13-15(24)23-11-7-4-8-12-23)21-14-18(9-5-6-10-18)16(25)22(2)3;/h4-14H2,1-3H3,(H2,19,20,21);1H. The number of guanidine groups is 1. The van der Waals surface area contributed by atoms with E-state index in [1.807, 2.05) is 19.0 Å². The second-order valence-electron chi connectivity index (χ2n) is 7.41. The molecule has 0 bridgehead atoms. The van der Waals surface area contributed by atoms with Gasteiger partial charge in [-0.2, -0.15) is 0 Å². The van der Waals surface area contributed by atoms with Gasteiger partial charge in [-0.1, -0.05) is 12.8 Å². The van der Waals surface area contributed by atoms with Crippen LogP contribution in [0, 0.1) is 5.41 Å². The highest BCUT2D eigenvalue weighted by atomic mass is 127. The van der Waals surface area contributed by atoms with Crippen molar-refractivity contribution in [2.75, 3.05) is 47.3 Å². The fourth-order valence-electron chi connectivity index (χ4n) is 3.88. The van der Waals surface area contributed by atoms with E-state index >= 15 is 0 Å². The van der Waals surface area contributed by atoms with Gasteiger partial charge in [0, 0.05) is 40.8 Å². The maximum Gasteiger partial charge on any atom is 0.241 e. The first-order valence-corrected chi connectivity index (χ1v) is 9.42. The molecule has 1 heterocycles. The summed E-state index contributed by atoms with van der Waals surface area (Å²) in [6.07, 6.45) is 7.37. The van der Waals surface area contributed by atoms with Crippen LogP contribution in [0.5, 0.6) is 0 Å². The second kappa shape index (κ2) is 10.9. The highest BCUT2D eigenvalue weighted by Gasteiger charge is 2.42. The summed E-state index contributed by atoms with van der Waals surface area (Å²) in [6, 6.07) is 0. The zero-order valence-corrected chi connectivity index (χ0v) is 18.7. The molecule has 1 saturated carbocycles. The number of halogens is 1. The molecule has 0 aromatic heterocycles. The van der Waals surface area contributed by atoms with E-state index in [0.717, 1.165) is 51.6 Å². The van der Waals surface area contributed by atoms with Crippen molar-refractivity contribution >= 4 is 41.8 Å². The summed E-state index contributed by atoms with van der Waals surface area (Å²) in [5.41, 5.74) is -0.349. The van der Waals surface area contributed by atoms with Gasteiger partial charge in [-0.25, -0.2) is 0 Å². The average molecular weight is 479 g/mol. The first-order valence-electron chi connectivity index (χ1n) is 9.42. The Bertz CT molecular complexity index is 498. The van der Waals surface area contributed by atoms with E-state index in [2.05, 4.69) is 15.6 Å². The summed E-state index contributed by atoms with van der Waals surface area (Å²) in [5.74, 6) is 0.878. The van der Waals surface area contributed by atoms with Crippen LogP contribution in [0.25, 0.3) is 0 Å². The predicted octanol–water partition coefficient (Wildman–Crippen LogP) is 1.43. The van der Waals surface area contributed by atoms with Crippen LogP contribution in [0.1, 0.15) is 44.9 Å². The Hall–Kier alpha value is -1.06. The Labute approximate surface area is 174 Å². The van der Waals surface area contributed by atoms with E-state index in [1.54, 1.807) is 11.9 Å². The van der Waals surface area contributed by atoms with Gasteiger partial charge in [0.15, 0.2) is 5.96 Å². The highest BCUT2D eigenvalue weighted by molar-refractivity contribution is 14.0. The zero-order chi connectivity index (χ0) is 18.3. The normalized spacial score (nSPS) is 19.5. The Kier molecular flexibility index (Phi) is 9.67. The van der Waals surface area contributed by atoms with Gasteiger partial charge in [-0.3, -0.25) is 14.6 Å². The van der Waals surface area contributed by atoms with Crippen LogP contribution in [-0.4, -0.2) is 74.9 Å². The molecule has 2 fully saturated rings. The fourth-order valence-corrected chi connectivity index (χ4v) is 3.88. The largest absolute Gasteiger partial charge is 0.355 e. The zero-order valence-electron chi connectivity index (χ0n) is 16.3. The van der Waals surface area contributed by atoms with E-state index in [-0.39, 0.29) is 47.8 Å². The maximum atomic E-state index is 12.6. The molecular formula is C18H34IN5O2. The van der Waals surface area contributed by atoms with Gasteiger partial charge in [-0.05, 0) is 32.1 Å². The maximum absolute atomic E-state index is 12.6. The minimum atomic E-state index is -0.349. The number of carbonyl (C=O) groups is 2. The summed E-state index contributed by atoms with van der Waals surface area (Å²) in [6.45, 7) is 2.51. The molecule has 26 heavy (non-hydrogen) atoms. The lowest BCUT2D eigenvalue weighted by molar-refractivity contribution is -0.139. The van der Waals surface area contributed by atoms with Crippen LogP contribution in [0.3, 0.4) is 0 Å².